The maximum atomic E-state index is 13.4. The van der Waals surface area contributed by atoms with Gasteiger partial charge in [0, 0.05) is 25.0 Å². The van der Waals surface area contributed by atoms with E-state index < -0.39 is 21.6 Å². The molecular weight excluding hydrogens is 506 g/mol. The summed E-state index contributed by atoms with van der Waals surface area (Å²) in [7, 11) is -2.05. The van der Waals surface area contributed by atoms with E-state index in [2.05, 4.69) is 5.32 Å². The van der Waals surface area contributed by atoms with E-state index in [9.17, 15) is 18.0 Å². The molecule has 0 unspecified atom stereocenters. The second kappa shape index (κ2) is 13.5. The number of hydrogen-bond donors (Lipinski definition) is 1. The van der Waals surface area contributed by atoms with Crippen LogP contribution in [0, 0.1) is 0 Å². The number of nitrogens with one attached hydrogen (secondary N) is 1. The van der Waals surface area contributed by atoms with Crippen molar-refractivity contribution >= 4 is 27.5 Å². The average molecular weight is 548 g/mol. The number of benzene rings is 2. The number of sulfonamides is 1. The highest BCUT2D eigenvalue weighted by Crippen LogP contribution is 2.30. The quantitative estimate of drug-likeness (QED) is 0.407. The SMILES string of the molecule is CCOc1ccccc1N(CCCC(=O)N(Cc1ccc(OC)cc1)[C@@H](C)C(=O)NC(C)(C)C)S(C)(=O)=O. The number of amides is 2. The number of carbonyl (C=O) groups is 2. The van der Waals surface area contributed by atoms with Crippen LogP contribution >= 0.6 is 0 Å². The Morgan fingerprint density at radius 3 is 2.24 bits per heavy atom. The molecule has 0 aliphatic carbocycles. The third-order valence-corrected chi connectivity index (χ3v) is 6.94. The number of methoxy groups -OCH3 is 1. The van der Waals surface area contributed by atoms with Gasteiger partial charge in [0.05, 0.1) is 25.7 Å². The van der Waals surface area contributed by atoms with Crippen LogP contribution in [0.15, 0.2) is 48.5 Å². The predicted octanol–water partition coefficient (Wildman–Crippen LogP) is 3.97. The van der Waals surface area contributed by atoms with Gasteiger partial charge in [-0.25, -0.2) is 8.42 Å². The molecule has 210 valence electrons. The molecule has 0 aromatic heterocycles. The van der Waals surface area contributed by atoms with Crippen LogP contribution in [0.4, 0.5) is 5.69 Å². The molecule has 10 heteroatoms. The van der Waals surface area contributed by atoms with Crippen LogP contribution in [0.5, 0.6) is 11.5 Å². The van der Waals surface area contributed by atoms with Gasteiger partial charge in [-0.2, -0.15) is 0 Å². The second-order valence-corrected chi connectivity index (χ2v) is 12.0. The zero-order chi connectivity index (χ0) is 28.5. The van der Waals surface area contributed by atoms with E-state index in [0.29, 0.717) is 23.8 Å². The Morgan fingerprint density at radius 2 is 1.68 bits per heavy atom. The van der Waals surface area contributed by atoms with Crippen molar-refractivity contribution in [1.29, 1.82) is 0 Å². The van der Waals surface area contributed by atoms with Crippen molar-refractivity contribution in [3.8, 4) is 11.5 Å². The van der Waals surface area contributed by atoms with Crippen LogP contribution in [-0.2, 0) is 26.2 Å². The highest BCUT2D eigenvalue weighted by Gasteiger charge is 2.29. The third kappa shape index (κ3) is 9.24. The van der Waals surface area contributed by atoms with E-state index >= 15 is 0 Å². The minimum atomic E-state index is -3.63. The molecule has 0 radical (unpaired) electrons. The Hall–Kier alpha value is -3.27. The topological polar surface area (TPSA) is 105 Å². The lowest BCUT2D eigenvalue weighted by atomic mass is 10.1. The van der Waals surface area contributed by atoms with Crippen molar-refractivity contribution in [1.82, 2.24) is 10.2 Å². The molecule has 1 atom stereocenters. The van der Waals surface area contributed by atoms with Crippen LogP contribution in [-0.4, -0.2) is 63.2 Å². The minimum Gasteiger partial charge on any atom is -0.497 e. The maximum absolute atomic E-state index is 13.4. The number of anilines is 1. The van der Waals surface area contributed by atoms with Gasteiger partial charge in [0.1, 0.15) is 17.5 Å². The number of ether oxygens (including phenoxy) is 2. The molecule has 0 spiro atoms. The molecule has 0 aliphatic rings. The molecule has 0 bridgehead atoms. The summed E-state index contributed by atoms with van der Waals surface area (Å²) in [5, 5.41) is 2.94. The predicted molar refractivity (Wildman–Crippen MR) is 150 cm³/mol. The summed E-state index contributed by atoms with van der Waals surface area (Å²) in [5.74, 6) is 0.644. The van der Waals surface area contributed by atoms with Crippen molar-refractivity contribution in [2.24, 2.45) is 0 Å². The zero-order valence-corrected chi connectivity index (χ0v) is 24.3. The standard InChI is InChI=1S/C28H41N3O6S/c1-8-37-25-13-10-9-12-24(25)31(38(7,34)35)19-11-14-26(32)30(21(2)27(33)29-28(3,4)5)20-22-15-17-23(36-6)18-16-22/h9-10,12-13,15-18,21H,8,11,14,19-20H2,1-7H3,(H,29,33)/t21-/m0/s1. The molecule has 9 nitrogen and oxygen atoms in total. The van der Waals surface area contributed by atoms with Gasteiger partial charge in [0.15, 0.2) is 0 Å². The largest absolute Gasteiger partial charge is 0.497 e. The lowest BCUT2D eigenvalue weighted by molar-refractivity contribution is -0.141. The van der Waals surface area contributed by atoms with Gasteiger partial charge < -0.3 is 19.7 Å². The first kappa shape index (κ1) is 31.0. The number of nitrogens with zero attached hydrogens (tertiary/aromatic N) is 2. The fraction of sp³-hybridized carbons (Fsp3) is 0.500. The Kier molecular flexibility index (Phi) is 11.0. The summed E-state index contributed by atoms with van der Waals surface area (Å²) in [5.41, 5.74) is 0.819. The van der Waals surface area contributed by atoms with E-state index in [1.807, 2.05) is 39.8 Å². The summed E-state index contributed by atoms with van der Waals surface area (Å²) < 4.78 is 37.4. The molecule has 38 heavy (non-hydrogen) atoms. The van der Waals surface area contributed by atoms with Gasteiger partial charge in [-0.1, -0.05) is 24.3 Å². The van der Waals surface area contributed by atoms with Crippen LogP contribution < -0.4 is 19.1 Å². The summed E-state index contributed by atoms with van der Waals surface area (Å²) in [4.78, 5) is 27.9. The van der Waals surface area contributed by atoms with Crippen LogP contribution in [0.1, 0.15) is 53.0 Å². The zero-order valence-electron chi connectivity index (χ0n) is 23.5. The molecule has 2 amide bonds. The average Bonchev–Trinajstić information content (AvgIpc) is 2.84. The smallest absolute Gasteiger partial charge is 0.242 e. The van der Waals surface area contributed by atoms with Gasteiger partial charge in [-0.05, 0) is 70.9 Å². The van der Waals surface area contributed by atoms with Crippen molar-refractivity contribution < 1.29 is 27.5 Å². The van der Waals surface area contributed by atoms with E-state index in [1.165, 1.54) is 9.21 Å². The monoisotopic (exact) mass is 547 g/mol. The molecule has 2 aromatic carbocycles. The number of para-hydroxylation sites is 2. The number of rotatable bonds is 13. The molecule has 0 fully saturated rings. The van der Waals surface area contributed by atoms with E-state index in [0.717, 1.165) is 11.8 Å². The Balaban J connectivity index is 2.23. The van der Waals surface area contributed by atoms with Gasteiger partial charge in [-0.15, -0.1) is 0 Å². The third-order valence-electron chi connectivity index (χ3n) is 5.76. The second-order valence-electron chi connectivity index (χ2n) is 10.1. The summed E-state index contributed by atoms with van der Waals surface area (Å²) >= 11 is 0. The molecule has 2 aromatic rings. The highest BCUT2D eigenvalue weighted by molar-refractivity contribution is 7.92. The first-order chi connectivity index (χ1) is 17.8. The lowest BCUT2D eigenvalue weighted by Gasteiger charge is -2.32. The molecule has 2 rings (SSSR count). The first-order valence-corrected chi connectivity index (χ1v) is 14.6. The number of carbonyl (C=O) groups excluding carboxylic acids is 2. The highest BCUT2D eigenvalue weighted by atomic mass is 32.2. The Bertz CT molecular complexity index is 1180. The van der Waals surface area contributed by atoms with E-state index in [1.54, 1.807) is 50.4 Å². The fourth-order valence-electron chi connectivity index (χ4n) is 3.91. The van der Waals surface area contributed by atoms with Crippen molar-refractivity contribution in [3.63, 3.8) is 0 Å². The van der Waals surface area contributed by atoms with Gasteiger partial charge in [0.2, 0.25) is 21.8 Å². The van der Waals surface area contributed by atoms with Crippen LogP contribution in [0.25, 0.3) is 0 Å². The molecular formula is C28H41N3O6S. The maximum Gasteiger partial charge on any atom is 0.242 e. The first-order valence-electron chi connectivity index (χ1n) is 12.7. The fourth-order valence-corrected chi connectivity index (χ4v) is 4.88. The van der Waals surface area contributed by atoms with Crippen molar-refractivity contribution in [2.45, 2.75) is 65.6 Å². The summed E-state index contributed by atoms with van der Waals surface area (Å²) in [6, 6.07) is 13.5. The molecule has 0 saturated heterocycles. The summed E-state index contributed by atoms with van der Waals surface area (Å²) in [6.45, 7) is 9.88. The lowest BCUT2D eigenvalue weighted by Crippen LogP contribution is -2.52. The normalized spacial score (nSPS) is 12.4. The van der Waals surface area contributed by atoms with Crippen molar-refractivity contribution in [2.75, 3.05) is 30.8 Å². The van der Waals surface area contributed by atoms with Crippen LogP contribution in [0.2, 0.25) is 0 Å². The number of hydrogen-bond acceptors (Lipinski definition) is 6. The van der Waals surface area contributed by atoms with E-state index in [-0.39, 0.29) is 37.7 Å². The van der Waals surface area contributed by atoms with E-state index in [4.69, 9.17) is 9.47 Å². The molecule has 0 saturated carbocycles. The van der Waals surface area contributed by atoms with Gasteiger partial charge in [-0.3, -0.25) is 13.9 Å². The van der Waals surface area contributed by atoms with Crippen molar-refractivity contribution in [3.05, 3.63) is 54.1 Å². The van der Waals surface area contributed by atoms with Gasteiger partial charge >= 0.3 is 0 Å². The Morgan fingerprint density at radius 1 is 1.05 bits per heavy atom. The molecule has 1 N–H and O–H groups in total. The molecule has 0 heterocycles. The Labute approximate surface area is 227 Å². The summed E-state index contributed by atoms with van der Waals surface area (Å²) in [6.07, 6.45) is 1.46. The molecule has 0 aliphatic heterocycles. The van der Waals surface area contributed by atoms with Crippen LogP contribution in [0.3, 0.4) is 0 Å². The van der Waals surface area contributed by atoms with Gasteiger partial charge in [0.25, 0.3) is 0 Å². The minimum absolute atomic E-state index is 0.0616.